The molecule has 0 bridgehead atoms. The summed E-state index contributed by atoms with van der Waals surface area (Å²) in [6, 6.07) is 8.88. The van der Waals surface area contributed by atoms with Gasteiger partial charge < -0.3 is 19.7 Å². The molecule has 0 atom stereocenters. The molecule has 0 aliphatic carbocycles. The van der Waals surface area contributed by atoms with Crippen LogP contribution in [0.2, 0.25) is 0 Å². The number of hydrogen-bond donors (Lipinski definition) is 1. The molecule has 1 aliphatic rings. The van der Waals surface area contributed by atoms with E-state index in [1.807, 2.05) is 18.3 Å². The first-order chi connectivity index (χ1) is 16.1. The Bertz CT molecular complexity index is 1090. The van der Waals surface area contributed by atoms with E-state index in [0.717, 1.165) is 24.5 Å². The molecule has 2 aromatic heterocycles. The van der Waals surface area contributed by atoms with Crippen LogP contribution in [-0.2, 0) is 24.4 Å². The molecule has 4 rings (SSSR count). The van der Waals surface area contributed by atoms with E-state index < -0.39 is 5.82 Å². The molecule has 174 valence electrons. The van der Waals surface area contributed by atoms with Crippen molar-refractivity contribution in [2.24, 2.45) is 0 Å². The summed E-state index contributed by atoms with van der Waals surface area (Å²) in [6.45, 7) is 2.78. The first kappa shape index (κ1) is 22.7. The van der Waals surface area contributed by atoms with E-state index in [4.69, 9.17) is 9.47 Å². The van der Waals surface area contributed by atoms with Crippen molar-refractivity contribution in [3.63, 3.8) is 0 Å². The van der Waals surface area contributed by atoms with Gasteiger partial charge in [-0.25, -0.2) is 9.37 Å². The maximum atomic E-state index is 14.4. The number of nitrogens with one attached hydrogen (secondary N) is 1. The molecule has 0 spiro atoms. The lowest BCUT2D eigenvalue weighted by Crippen LogP contribution is -2.24. The molecule has 1 aliphatic heterocycles. The number of aromatic nitrogens is 3. The number of carbonyl (C=O) groups is 1. The predicted octanol–water partition coefficient (Wildman–Crippen LogP) is 3.15. The van der Waals surface area contributed by atoms with Crippen LogP contribution in [0.3, 0.4) is 0 Å². The average molecular weight is 454 g/mol. The van der Waals surface area contributed by atoms with Crippen LogP contribution in [0.15, 0.2) is 42.7 Å². The lowest BCUT2D eigenvalue weighted by Gasteiger charge is -2.16. The first-order valence-corrected chi connectivity index (χ1v) is 10.9. The highest BCUT2D eigenvalue weighted by molar-refractivity contribution is 5.95. The highest BCUT2D eigenvalue weighted by Crippen LogP contribution is 2.20. The largest absolute Gasteiger partial charge is 0.494 e. The second kappa shape index (κ2) is 10.4. The van der Waals surface area contributed by atoms with E-state index >= 15 is 0 Å². The van der Waals surface area contributed by atoms with Crippen molar-refractivity contribution in [1.82, 2.24) is 20.1 Å². The molecule has 1 N–H and O–H groups in total. The molecule has 9 heteroatoms. The van der Waals surface area contributed by atoms with Crippen LogP contribution in [0.4, 0.5) is 10.2 Å². The lowest BCUT2D eigenvalue weighted by molar-refractivity contribution is 0.0945. The maximum Gasteiger partial charge on any atom is 0.255 e. The Labute approximate surface area is 192 Å². The van der Waals surface area contributed by atoms with Gasteiger partial charge in [0.05, 0.1) is 25.8 Å². The normalized spacial score (nSPS) is 13.4. The summed E-state index contributed by atoms with van der Waals surface area (Å²) in [4.78, 5) is 19.7. The molecule has 1 saturated heterocycles. The number of rotatable bonds is 9. The van der Waals surface area contributed by atoms with E-state index in [1.54, 1.807) is 30.1 Å². The second-order valence-corrected chi connectivity index (χ2v) is 7.95. The third-order valence-corrected chi connectivity index (χ3v) is 5.65. The summed E-state index contributed by atoms with van der Waals surface area (Å²) < 4.78 is 26.3. The minimum Gasteiger partial charge on any atom is -0.494 e. The van der Waals surface area contributed by atoms with Crippen LogP contribution in [0, 0.1) is 5.82 Å². The molecule has 0 unspecified atom stereocenters. The van der Waals surface area contributed by atoms with Crippen LogP contribution in [0.5, 0.6) is 5.75 Å². The highest BCUT2D eigenvalue weighted by Gasteiger charge is 2.18. The molecule has 1 aromatic carbocycles. The summed E-state index contributed by atoms with van der Waals surface area (Å²) in [5, 5.41) is 7.28. The van der Waals surface area contributed by atoms with Gasteiger partial charge in [0.2, 0.25) is 0 Å². The van der Waals surface area contributed by atoms with Gasteiger partial charge in [0, 0.05) is 44.7 Å². The monoisotopic (exact) mass is 453 g/mol. The average Bonchev–Trinajstić information content (AvgIpc) is 3.50. The summed E-state index contributed by atoms with van der Waals surface area (Å²) in [6.07, 6.45) is 5.93. The van der Waals surface area contributed by atoms with Crippen LogP contribution < -0.4 is 15.0 Å². The van der Waals surface area contributed by atoms with Crippen molar-refractivity contribution in [3.8, 4) is 5.75 Å². The number of carbonyl (C=O) groups excluding carboxylic acids is 1. The van der Waals surface area contributed by atoms with E-state index in [1.165, 1.54) is 26.0 Å². The number of ether oxygens (including phenoxy) is 2. The van der Waals surface area contributed by atoms with Gasteiger partial charge in [-0.3, -0.25) is 9.48 Å². The Balaban J connectivity index is 1.45. The number of anilines is 1. The van der Waals surface area contributed by atoms with Crippen LogP contribution in [-0.4, -0.2) is 48.0 Å². The van der Waals surface area contributed by atoms with Gasteiger partial charge >= 0.3 is 0 Å². The fourth-order valence-electron chi connectivity index (χ4n) is 3.93. The zero-order chi connectivity index (χ0) is 23.2. The van der Waals surface area contributed by atoms with Crippen LogP contribution in [0.25, 0.3) is 0 Å². The highest BCUT2D eigenvalue weighted by atomic mass is 19.1. The summed E-state index contributed by atoms with van der Waals surface area (Å²) in [7, 11) is 2.95. The van der Waals surface area contributed by atoms with Gasteiger partial charge in [-0.2, -0.15) is 5.10 Å². The van der Waals surface area contributed by atoms with Crippen LogP contribution in [0.1, 0.15) is 40.0 Å². The molecule has 8 nitrogen and oxygen atoms in total. The van der Waals surface area contributed by atoms with Crippen molar-refractivity contribution in [2.45, 2.75) is 32.5 Å². The number of pyridine rings is 1. The molecule has 1 amide bonds. The third-order valence-electron chi connectivity index (χ3n) is 5.65. The van der Waals surface area contributed by atoms with E-state index in [2.05, 4.69) is 20.3 Å². The number of nitrogens with zero attached hydrogens (tertiary/aromatic N) is 4. The molecular weight excluding hydrogens is 425 g/mol. The fraction of sp³-hybridized carbons (Fsp3) is 0.375. The number of methoxy groups -OCH3 is 2. The zero-order valence-electron chi connectivity index (χ0n) is 18.9. The Hall–Kier alpha value is -3.46. The topological polar surface area (TPSA) is 81.5 Å². The minimum atomic E-state index is -0.488. The standard InChI is InChI=1S/C24H28FN5O3/c1-32-16-20-19(24(31)27-13-18-6-5-7-21(33-2)23(18)25)15-30(28-20)14-17-8-9-22(26-12-17)29-10-3-4-11-29/h5-9,12,15H,3-4,10-11,13-14,16H2,1-2H3,(H,27,31). The zero-order valence-corrected chi connectivity index (χ0v) is 18.9. The Morgan fingerprint density at radius 3 is 2.70 bits per heavy atom. The van der Waals surface area contributed by atoms with Gasteiger partial charge in [0.25, 0.3) is 5.91 Å². The lowest BCUT2D eigenvalue weighted by atomic mass is 10.2. The summed E-state index contributed by atoms with van der Waals surface area (Å²) in [5.41, 5.74) is 2.23. The van der Waals surface area contributed by atoms with E-state index in [9.17, 15) is 9.18 Å². The quantitative estimate of drug-likeness (QED) is 0.536. The van der Waals surface area contributed by atoms with Crippen molar-refractivity contribution in [2.75, 3.05) is 32.2 Å². The first-order valence-electron chi connectivity index (χ1n) is 10.9. The number of amides is 1. The SMILES string of the molecule is COCc1nn(Cc2ccc(N3CCCC3)nc2)cc1C(=O)NCc1cccc(OC)c1F. The molecule has 0 saturated carbocycles. The molecule has 3 heterocycles. The number of benzene rings is 1. The number of halogens is 1. The van der Waals surface area contributed by atoms with Gasteiger partial charge in [0.15, 0.2) is 11.6 Å². The summed E-state index contributed by atoms with van der Waals surface area (Å²) in [5.74, 6) is 0.289. The summed E-state index contributed by atoms with van der Waals surface area (Å²) >= 11 is 0. The van der Waals surface area contributed by atoms with Crippen LogP contribution >= 0.6 is 0 Å². The van der Waals surface area contributed by atoms with Crippen molar-refractivity contribution < 1.29 is 18.7 Å². The Kier molecular flexibility index (Phi) is 7.19. The van der Waals surface area contributed by atoms with Gasteiger partial charge in [-0.05, 0) is 30.5 Å². The maximum absolute atomic E-state index is 14.4. The molecule has 33 heavy (non-hydrogen) atoms. The smallest absolute Gasteiger partial charge is 0.255 e. The van der Waals surface area contributed by atoms with E-state index in [0.29, 0.717) is 23.4 Å². The van der Waals surface area contributed by atoms with Gasteiger partial charge in [-0.1, -0.05) is 18.2 Å². The molecule has 3 aromatic rings. The molecular formula is C24H28FN5O3. The molecule has 0 radical (unpaired) electrons. The second-order valence-electron chi connectivity index (χ2n) is 7.95. The van der Waals surface area contributed by atoms with E-state index in [-0.39, 0.29) is 24.8 Å². The van der Waals surface area contributed by atoms with Crippen molar-refractivity contribution in [1.29, 1.82) is 0 Å². The Morgan fingerprint density at radius 1 is 1.18 bits per heavy atom. The van der Waals surface area contributed by atoms with Gasteiger partial charge in [0.1, 0.15) is 11.5 Å². The predicted molar refractivity (Wildman–Crippen MR) is 122 cm³/mol. The minimum absolute atomic E-state index is 0.0291. The fourth-order valence-corrected chi connectivity index (χ4v) is 3.93. The van der Waals surface area contributed by atoms with Crippen molar-refractivity contribution in [3.05, 3.63) is 70.9 Å². The third kappa shape index (κ3) is 5.31. The number of hydrogen-bond acceptors (Lipinski definition) is 6. The van der Waals surface area contributed by atoms with Crippen molar-refractivity contribution >= 4 is 11.7 Å². The Morgan fingerprint density at radius 2 is 2.00 bits per heavy atom. The van der Waals surface area contributed by atoms with Gasteiger partial charge in [-0.15, -0.1) is 0 Å². The molecule has 1 fully saturated rings.